The van der Waals surface area contributed by atoms with Gasteiger partial charge < -0.3 is 17.2 Å². The third kappa shape index (κ3) is 2.50. The zero-order chi connectivity index (χ0) is 12.4. The molecule has 0 bridgehead atoms. The molecule has 3 nitrogen and oxygen atoms in total. The Kier molecular flexibility index (Phi) is 2.91. The molecule has 6 N–H and O–H groups in total. The molecule has 0 spiro atoms. The van der Waals surface area contributed by atoms with Crippen LogP contribution in [0.4, 0.5) is 17.1 Å². The van der Waals surface area contributed by atoms with Crippen LogP contribution in [-0.2, 0) is 6.42 Å². The van der Waals surface area contributed by atoms with E-state index >= 15 is 0 Å². The lowest BCUT2D eigenvalue weighted by Crippen LogP contribution is -1.99. The van der Waals surface area contributed by atoms with E-state index in [0.29, 0.717) is 5.69 Å². The Hall–Kier alpha value is -2.16. The molecule has 0 fully saturated rings. The van der Waals surface area contributed by atoms with Crippen LogP contribution in [-0.4, -0.2) is 0 Å². The number of rotatable bonds is 2. The minimum atomic E-state index is 0.690. The molecule has 0 unspecified atom stereocenters. The number of aryl methyl sites for hydroxylation is 1. The molecule has 88 valence electrons. The first-order chi connectivity index (χ1) is 8.06. The molecule has 0 atom stereocenters. The highest BCUT2D eigenvalue weighted by Crippen LogP contribution is 2.21. The van der Waals surface area contributed by atoms with Crippen LogP contribution in [0.3, 0.4) is 0 Å². The lowest BCUT2D eigenvalue weighted by molar-refractivity contribution is 1.19. The summed E-state index contributed by atoms with van der Waals surface area (Å²) in [6.45, 7) is 2.00. The second-order valence-corrected chi connectivity index (χ2v) is 4.33. The van der Waals surface area contributed by atoms with E-state index in [9.17, 15) is 0 Å². The SMILES string of the molecule is Cc1ccc(Cc2ccc(N)cc2N)cc1N. The average molecular weight is 227 g/mol. The van der Waals surface area contributed by atoms with E-state index in [1.165, 1.54) is 0 Å². The molecule has 0 aliphatic rings. The smallest absolute Gasteiger partial charge is 0.0370 e. The average Bonchev–Trinajstić information content (AvgIpc) is 2.27. The molecule has 0 aliphatic carbocycles. The van der Waals surface area contributed by atoms with Crippen LogP contribution in [0, 0.1) is 6.92 Å². The van der Waals surface area contributed by atoms with Crippen LogP contribution >= 0.6 is 0 Å². The third-order valence-electron chi connectivity index (χ3n) is 2.91. The number of hydrogen-bond donors (Lipinski definition) is 3. The topological polar surface area (TPSA) is 78.1 Å². The molecule has 0 heterocycles. The van der Waals surface area contributed by atoms with Gasteiger partial charge in [-0.2, -0.15) is 0 Å². The Labute approximate surface area is 101 Å². The molecule has 0 saturated carbocycles. The van der Waals surface area contributed by atoms with E-state index in [1.54, 1.807) is 6.07 Å². The van der Waals surface area contributed by atoms with Crippen LogP contribution in [0.15, 0.2) is 36.4 Å². The monoisotopic (exact) mass is 227 g/mol. The summed E-state index contributed by atoms with van der Waals surface area (Å²) in [4.78, 5) is 0. The summed E-state index contributed by atoms with van der Waals surface area (Å²) < 4.78 is 0. The summed E-state index contributed by atoms with van der Waals surface area (Å²) in [6.07, 6.45) is 0.774. The summed E-state index contributed by atoms with van der Waals surface area (Å²) >= 11 is 0. The minimum Gasteiger partial charge on any atom is -0.399 e. The number of benzene rings is 2. The lowest BCUT2D eigenvalue weighted by atomic mass is 10.0. The summed E-state index contributed by atoms with van der Waals surface area (Å²) in [5.74, 6) is 0. The predicted octanol–water partition coefficient (Wildman–Crippen LogP) is 2.33. The summed E-state index contributed by atoms with van der Waals surface area (Å²) in [6, 6.07) is 11.7. The Bertz CT molecular complexity index is 547. The van der Waals surface area contributed by atoms with E-state index in [-0.39, 0.29) is 0 Å². The lowest BCUT2D eigenvalue weighted by Gasteiger charge is -2.08. The van der Waals surface area contributed by atoms with Crippen molar-refractivity contribution in [2.45, 2.75) is 13.3 Å². The van der Waals surface area contributed by atoms with Gasteiger partial charge in [0.05, 0.1) is 0 Å². The first kappa shape index (κ1) is 11.3. The molecule has 0 aromatic heterocycles. The van der Waals surface area contributed by atoms with Crippen molar-refractivity contribution in [2.75, 3.05) is 17.2 Å². The van der Waals surface area contributed by atoms with Crippen molar-refractivity contribution in [3.05, 3.63) is 53.1 Å². The summed E-state index contributed by atoms with van der Waals surface area (Å²) in [5.41, 5.74) is 23.0. The molecule has 2 rings (SSSR count). The number of anilines is 3. The maximum atomic E-state index is 5.93. The van der Waals surface area contributed by atoms with Gasteiger partial charge in [0.1, 0.15) is 0 Å². The molecular weight excluding hydrogens is 210 g/mol. The Balaban J connectivity index is 2.28. The van der Waals surface area contributed by atoms with Crippen LogP contribution in [0.2, 0.25) is 0 Å². The van der Waals surface area contributed by atoms with Crippen LogP contribution in [0.5, 0.6) is 0 Å². The maximum Gasteiger partial charge on any atom is 0.0370 e. The van der Waals surface area contributed by atoms with Gasteiger partial charge in [-0.05, 0) is 48.2 Å². The van der Waals surface area contributed by atoms with Gasteiger partial charge in [0, 0.05) is 17.1 Å². The van der Waals surface area contributed by atoms with Crippen LogP contribution < -0.4 is 17.2 Å². The fourth-order valence-electron chi connectivity index (χ4n) is 1.79. The quantitative estimate of drug-likeness (QED) is 0.689. The molecule has 0 aliphatic heterocycles. The van der Waals surface area contributed by atoms with Gasteiger partial charge in [0.15, 0.2) is 0 Å². The molecule has 17 heavy (non-hydrogen) atoms. The first-order valence-electron chi connectivity index (χ1n) is 5.55. The van der Waals surface area contributed by atoms with E-state index in [4.69, 9.17) is 17.2 Å². The number of nitrogen functional groups attached to an aromatic ring is 3. The van der Waals surface area contributed by atoms with Crippen molar-refractivity contribution < 1.29 is 0 Å². The van der Waals surface area contributed by atoms with Gasteiger partial charge in [0.25, 0.3) is 0 Å². The van der Waals surface area contributed by atoms with E-state index in [1.807, 2.05) is 31.2 Å². The molecule has 2 aromatic carbocycles. The zero-order valence-corrected chi connectivity index (χ0v) is 9.90. The second kappa shape index (κ2) is 4.37. The minimum absolute atomic E-state index is 0.690. The van der Waals surface area contributed by atoms with Crippen LogP contribution in [0.1, 0.15) is 16.7 Å². The van der Waals surface area contributed by atoms with Crippen molar-refractivity contribution in [2.24, 2.45) is 0 Å². The summed E-state index contributed by atoms with van der Waals surface area (Å²) in [7, 11) is 0. The van der Waals surface area contributed by atoms with Crippen molar-refractivity contribution in [3.8, 4) is 0 Å². The largest absolute Gasteiger partial charge is 0.399 e. The number of nitrogens with two attached hydrogens (primary N) is 3. The Morgan fingerprint density at radius 3 is 2.29 bits per heavy atom. The molecule has 3 heteroatoms. The van der Waals surface area contributed by atoms with Crippen molar-refractivity contribution in [3.63, 3.8) is 0 Å². The Morgan fingerprint density at radius 1 is 0.882 bits per heavy atom. The molecule has 0 amide bonds. The van der Waals surface area contributed by atoms with Gasteiger partial charge >= 0.3 is 0 Å². The molecule has 2 aromatic rings. The van der Waals surface area contributed by atoms with E-state index in [0.717, 1.165) is 34.5 Å². The number of hydrogen-bond acceptors (Lipinski definition) is 3. The van der Waals surface area contributed by atoms with Gasteiger partial charge in [-0.3, -0.25) is 0 Å². The predicted molar refractivity (Wildman–Crippen MR) is 73.7 cm³/mol. The zero-order valence-electron chi connectivity index (χ0n) is 9.90. The van der Waals surface area contributed by atoms with Crippen molar-refractivity contribution >= 4 is 17.1 Å². The standard InChI is InChI=1S/C14H17N3/c1-9-2-3-10(7-13(9)16)6-11-4-5-12(15)8-14(11)17/h2-5,7-8H,6,15-17H2,1H3. The Morgan fingerprint density at radius 2 is 1.65 bits per heavy atom. The fraction of sp³-hybridized carbons (Fsp3) is 0.143. The van der Waals surface area contributed by atoms with Gasteiger partial charge in [0.2, 0.25) is 0 Å². The van der Waals surface area contributed by atoms with Gasteiger partial charge in [-0.25, -0.2) is 0 Å². The second-order valence-electron chi connectivity index (χ2n) is 4.33. The molecule has 0 radical (unpaired) electrons. The van der Waals surface area contributed by atoms with E-state index < -0.39 is 0 Å². The van der Waals surface area contributed by atoms with Crippen molar-refractivity contribution in [1.82, 2.24) is 0 Å². The molecule has 0 saturated heterocycles. The highest BCUT2D eigenvalue weighted by atomic mass is 14.6. The van der Waals surface area contributed by atoms with Gasteiger partial charge in [-0.1, -0.05) is 18.2 Å². The van der Waals surface area contributed by atoms with E-state index in [2.05, 4.69) is 6.07 Å². The highest BCUT2D eigenvalue weighted by molar-refractivity contribution is 5.58. The van der Waals surface area contributed by atoms with Crippen molar-refractivity contribution in [1.29, 1.82) is 0 Å². The maximum absolute atomic E-state index is 5.93. The first-order valence-corrected chi connectivity index (χ1v) is 5.55. The van der Waals surface area contributed by atoms with Crippen LogP contribution in [0.25, 0.3) is 0 Å². The fourth-order valence-corrected chi connectivity index (χ4v) is 1.79. The third-order valence-corrected chi connectivity index (χ3v) is 2.91. The highest BCUT2D eigenvalue weighted by Gasteiger charge is 2.03. The van der Waals surface area contributed by atoms with Gasteiger partial charge in [-0.15, -0.1) is 0 Å². The summed E-state index contributed by atoms with van der Waals surface area (Å²) in [5, 5.41) is 0. The molecular formula is C14H17N3. The normalized spacial score (nSPS) is 10.4.